The Kier molecular flexibility index (Phi) is 1.33. The number of H-pyrrole nitrogens is 3. The second-order valence-electron chi connectivity index (χ2n) is 3.87. The molecule has 7 heteroatoms. The van der Waals surface area contributed by atoms with Crippen molar-refractivity contribution < 1.29 is 0 Å². The SMILES string of the molecule is NC1(c2nc3[nH]c(=O)[nH]c(=O)c3[nH]2)CC1. The molecule has 2 aromatic rings. The number of nitrogens with two attached hydrogens (primary N) is 1. The highest BCUT2D eigenvalue weighted by molar-refractivity contribution is 5.69. The van der Waals surface area contributed by atoms with Gasteiger partial charge in [0.2, 0.25) is 0 Å². The van der Waals surface area contributed by atoms with Crippen LogP contribution in [0.15, 0.2) is 9.59 Å². The Morgan fingerprint density at radius 3 is 2.60 bits per heavy atom. The Hall–Kier alpha value is -1.89. The van der Waals surface area contributed by atoms with Gasteiger partial charge in [0.15, 0.2) is 5.65 Å². The Labute approximate surface area is 82.7 Å². The Bertz CT molecular complexity index is 645. The van der Waals surface area contributed by atoms with Gasteiger partial charge < -0.3 is 10.7 Å². The van der Waals surface area contributed by atoms with Crippen LogP contribution >= 0.6 is 0 Å². The van der Waals surface area contributed by atoms with E-state index in [0.29, 0.717) is 5.82 Å². The van der Waals surface area contributed by atoms with E-state index in [4.69, 9.17) is 5.73 Å². The van der Waals surface area contributed by atoms with Crippen molar-refractivity contribution in [1.29, 1.82) is 0 Å². The number of hydrogen-bond acceptors (Lipinski definition) is 4. The molecule has 15 heavy (non-hydrogen) atoms. The molecule has 0 bridgehead atoms. The summed E-state index contributed by atoms with van der Waals surface area (Å²) in [6.45, 7) is 0. The number of nitrogens with one attached hydrogen (secondary N) is 3. The number of fused-ring (bicyclic) bond motifs is 1. The summed E-state index contributed by atoms with van der Waals surface area (Å²) in [5.74, 6) is 0.560. The van der Waals surface area contributed by atoms with Crippen LogP contribution in [0.3, 0.4) is 0 Å². The predicted molar refractivity (Wildman–Crippen MR) is 52.4 cm³/mol. The first-order chi connectivity index (χ1) is 7.08. The first kappa shape index (κ1) is 8.42. The van der Waals surface area contributed by atoms with Gasteiger partial charge in [0.25, 0.3) is 5.56 Å². The van der Waals surface area contributed by atoms with Crippen molar-refractivity contribution in [2.24, 2.45) is 5.73 Å². The zero-order chi connectivity index (χ0) is 10.6. The fraction of sp³-hybridized carbons (Fsp3) is 0.375. The molecule has 2 aromatic heterocycles. The van der Waals surface area contributed by atoms with Crippen LogP contribution in [0.1, 0.15) is 18.7 Å². The summed E-state index contributed by atoms with van der Waals surface area (Å²) in [6, 6.07) is 0. The van der Waals surface area contributed by atoms with Crippen LogP contribution in [0.25, 0.3) is 11.2 Å². The maximum absolute atomic E-state index is 11.4. The highest BCUT2D eigenvalue weighted by Crippen LogP contribution is 2.41. The van der Waals surface area contributed by atoms with Crippen molar-refractivity contribution in [2.75, 3.05) is 0 Å². The lowest BCUT2D eigenvalue weighted by molar-refractivity contribution is 0.687. The lowest BCUT2D eigenvalue weighted by atomic mass is 10.3. The van der Waals surface area contributed by atoms with Crippen LogP contribution < -0.4 is 17.0 Å². The van der Waals surface area contributed by atoms with Crippen molar-refractivity contribution in [3.8, 4) is 0 Å². The quantitative estimate of drug-likeness (QED) is 0.473. The van der Waals surface area contributed by atoms with Gasteiger partial charge >= 0.3 is 5.69 Å². The third kappa shape index (κ3) is 1.13. The molecule has 5 N–H and O–H groups in total. The van der Waals surface area contributed by atoms with Crippen LogP contribution in [0.5, 0.6) is 0 Å². The van der Waals surface area contributed by atoms with Crippen molar-refractivity contribution in [1.82, 2.24) is 19.9 Å². The second-order valence-corrected chi connectivity index (χ2v) is 3.87. The Morgan fingerprint density at radius 1 is 1.20 bits per heavy atom. The van der Waals surface area contributed by atoms with Gasteiger partial charge in [-0.3, -0.25) is 14.8 Å². The van der Waals surface area contributed by atoms with Gasteiger partial charge in [0, 0.05) is 0 Å². The fourth-order valence-electron chi connectivity index (χ4n) is 1.54. The molecule has 3 rings (SSSR count). The lowest BCUT2D eigenvalue weighted by Crippen LogP contribution is -2.21. The molecule has 2 heterocycles. The molecule has 0 saturated heterocycles. The normalized spacial score (nSPS) is 18.2. The molecule has 1 fully saturated rings. The topological polar surface area (TPSA) is 120 Å². The zero-order valence-electron chi connectivity index (χ0n) is 7.76. The van der Waals surface area contributed by atoms with Gasteiger partial charge in [-0.25, -0.2) is 9.78 Å². The molecular weight excluding hydrogens is 198 g/mol. The summed E-state index contributed by atoms with van der Waals surface area (Å²) in [5, 5.41) is 0. The van der Waals surface area contributed by atoms with E-state index in [1.54, 1.807) is 0 Å². The molecule has 78 valence electrons. The highest BCUT2D eigenvalue weighted by atomic mass is 16.2. The van der Waals surface area contributed by atoms with Crippen molar-refractivity contribution in [3.63, 3.8) is 0 Å². The van der Waals surface area contributed by atoms with Gasteiger partial charge in [-0.2, -0.15) is 0 Å². The average molecular weight is 207 g/mol. The van der Waals surface area contributed by atoms with Crippen LogP contribution in [-0.4, -0.2) is 19.9 Å². The van der Waals surface area contributed by atoms with Crippen LogP contribution in [0.4, 0.5) is 0 Å². The smallest absolute Gasteiger partial charge is 0.327 e. The number of rotatable bonds is 1. The van der Waals surface area contributed by atoms with E-state index in [2.05, 4.69) is 19.9 Å². The maximum Gasteiger partial charge on any atom is 0.327 e. The summed E-state index contributed by atoms with van der Waals surface area (Å²) in [6.07, 6.45) is 1.68. The second kappa shape index (κ2) is 2.37. The van der Waals surface area contributed by atoms with E-state index >= 15 is 0 Å². The lowest BCUT2D eigenvalue weighted by Gasteiger charge is -2.00. The molecule has 1 aliphatic carbocycles. The molecule has 0 radical (unpaired) electrons. The van der Waals surface area contributed by atoms with Crippen LogP contribution in [0, 0.1) is 0 Å². The Morgan fingerprint density at radius 2 is 1.93 bits per heavy atom. The predicted octanol–water partition coefficient (Wildman–Crippen LogP) is -1.11. The summed E-state index contributed by atoms with van der Waals surface area (Å²) in [5.41, 5.74) is 4.97. The van der Waals surface area contributed by atoms with Crippen LogP contribution in [-0.2, 0) is 5.54 Å². The molecule has 1 saturated carbocycles. The Balaban J connectivity index is 2.35. The van der Waals surface area contributed by atoms with E-state index in [9.17, 15) is 9.59 Å². The van der Waals surface area contributed by atoms with Gasteiger partial charge in [0.1, 0.15) is 11.3 Å². The van der Waals surface area contributed by atoms with Gasteiger partial charge in [0.05, 0.1) is 5.54 Å². The van der Waals surface area contributed by atoms with Crippen molar-refractivity contribution in [2.45, 2.75) is 18.4 Å². The number of imidazole rings is 1. The number of hydrogen-bond donors (Lipinski definition) is 4. The molecule has 0 aromatic carbocycles. The number of nitrogens with zero attached hydrogens (tertiary/aromatic N) is 1. The van der Waals surface area contributed by atoms with Crippen LogP contribution in [0.2, 0.25) is 0 Å². The molecule has 0 amide bonds. The van der Waals surface area contributed by atoms with E-state index in [1.165, 1.54) is 0 Å². The molecule has 0 unspecified atom stereocenters. The largest absolute Gasteiger partial charge is 0.335 e. The molecular formula is C8H9N5O2. The molecule has 0 spiro atoms. The molecule has 0 aliphatic heterocycles. The van der Waals surface area contributed by atoms with Gasteiger partial charge in [-0.15, -0.1) is 0 Å². The summed E-state index contributed by atoms with van der Waals surface area (Å²) in [7, 11) is 0. The fourth-order valence-corrected chi connectivity index (χ4v) is 1.54. The first-order valence-corrected chi connectivity index (χ1v) is 4.60. The summed E-state index contributed by atoms with van der Waals surface area (Å²) in [4.78, 5) is 33.9. The van der Waals surface area contributed by atoms with E-state index in [-0.39, 0.29) is 11.2 Å². The number of aromatic nitrogens is 4. The zero-order valence-corrected chi connectivity index (χ0v) is 7.76. The summed E-state index contributed by atoms with van der Waals surface area (Å²) >= 11 is 0. The molecule has 1 aliphatic rings. The third-order valence-corrected chi connectivity index (χ3v) is 2.65. The van der Waals surface area contributed by atoms with E-state index < -0.39 is 16.8 Å². The van der Waals surface area contributed by atoms with Gasteiger partial charge in [-0.1, -0.05) is 0 Å². The standard InChI is InChI=1S/C8H9N5O2/c9-8(1-2-8)6-10-3-4(11-6)12-7(15)13-5(3)14/h1-2,9H2,(H3,10,11,12,13,14,15). The first-order valence-electron chi connectivity index (χ1n) is 4.60. The monoisotopic (exact) mass is 207 g/mol. The third-order valence-electron chi connectivity index (χ3n) is 2.65. The van der Waals surface area contributed by atoms with Gasteiger partial charge in [-0.05, 0) is 12.8 Å². The minimum atomic E-state index is -0.563. The summed E-state index contributed by atoms with van der Waals surface area (Å²) < 4.78 is 0. The maximum atomic E-state index is 11.4. The van der Waals surface area contributed by atoms with Crippen molar-refractivity contribution >= 4 is 11.2 Å². The van der Waals surface area contributed by atoms with E-state index in [0.717, 1.165) is 12.8 Å². The average Bonchev–Trinajstić information content (AvgIpc) is 2.77. The van der Waals surface area contributed by atoms with E-state index in [1.807, 2.05) is 0 Å². The molecule has 0 atom stereocenters. The molecule has 7 nitrogen and oxygen atoms in total. The van der Waals surface area contributed by atoms with Crippen molar-refractivity contribution in [3.05, 3.63) is 26.7 Å². The minimum Gasteiger partial charge on any atom is -0.335 e. The highest BCUT2D eigenvalue weighted by Gasteiger charge is 2.43. The number of aromatic amines is 3. The minimum absolute atomic E-state index is 0.260.